The summed E-state index contributed by atoms with van der Waals surface area (Å²) >= 11 is 0. The Hall–Kier alpha value is -1.39. The monoisotopic (exact) mass is 180 g/mol. The molecule has 4 nitrogen and oxygen atoms in total. The molecule has 70 valence electrons. The van der Waals surface area contributed by atoms with E-state index in [1.54, 1.807) is 19.2 Å². The number of amides is 1. The molecular formula is C9H12N2O2. The van der Waals surface area contributed by atoms with E-state index < -0.39 is 0 Å². The lowest BCUT2D eigenvalue weighted by Gasteiger charge is -2.14. The zero-order valence-corrected chi connectivity index (χ0v) is 7.65. The number of hydrogen-bond donors (Lipinski definition) is 1. The Morgan fingerprint density at radius 1 is 1.38 bits per heavy atom. The molecule has 0 aliphatic heterocycles. The Kier molecular flexibility index (Phi) is 3.42. The maximum absolute atomic E-state index is 11.4. The molecule has 0 bridgehead atoms. The third-order valence-electron chi connectivity index (χ3n) is 1.57. The first kappa shape index (κ1) is 9.70. The van der Waals surface area contributed by atoms with Crippen molar-refractivity contribution in [2.24, 2.45) is 0 Å². The van der Waals surface area contributed by atoms with Crippen LogP contribution in [0.5, 0.6) is 0 Å². The van der Waals surface area contributed by atoms with Crippen molar-refractivity contribution in [2.45, 2.75) is 0 Å². The summed E-state index contributed by atoms with van der Waals surface area (Å²) in [4.78, 5) is 16.1. The summed E-state index contributed by atoms with van der Waals surface area (Å²) in [6, 6.07) is 8.94. The maximum atomic E-state index is 11.4. The number of carbonyl (C=O) groups excluding carboxylic acids is 1. The number of hydrogen-bond acceptors (Lipinski definition) is 3. The molecule has 1 aromatic rings. The van der Waals surface area contributed by atoms with Gasteiger partial charge in [-0.25, -0.2) is 0 Å². The second kappa shape index (κ2) is 4.59. The lowest BCUT2D eigenvalue weighted by molar-refractivity contribution is -0.138. The van der Waals surface area contributed by atoms with E-state index in [1.807, 2.05) is 18.2 Å². The average Bonchev–Trinajstić information content (AvgIpc) is 2.19. The lowest BCUT2D eigenvalue weighted by atomic mass is 10.2. The van der Waals surface area contributed by atoms with E-state index in [1.165, 1.54) is 12.3 Å². The van der Waals surface area contributed by atoms with Crippen LogP contribution >= 0.6 is 0 Å². The Morgan fingerprint density at radius 2 is 2.00 bits per heavy atom. The zero-order valence-electron chi connectivity index (χ0n) is 7.65. The van der Waals surface area contributed by atoms with Gasteiger partial charge in [-0.05, 0) is 12.1 Å². The summed E-state index contributed by atoms with van der Waals surface area (Å²) in [5.41, 5.74) is 3.12. The highest BCUT2D eigenvalue weighted by molar-refractivity contribution is 5.93. The van der Waals surface area contributed by atoms with Gasteiger partial charge in [-0.15, -0.1) is 5.17 Å². The third-order valence-corrected chi connectivity index (χ3v) is 1.57. The van der Waals surface area contributed by atoms with Gasteiger partial charge in [-0.1, -0.05) is 18.2 Å². The normalized spacial score (nSPS) is 10.1. The first-order valence-corrected chi connectivity index (χ1v) is 3.88. The van der Waals surface area contributed by atoms with Crippen molar-refractivity contribution in [3.8, 4) is 0 Å². The topological polar surface area (TPSA) is 41.6 Å². The summed E-state index contributed by atoms with van der Waals surface area (Å²) < 4.78 is 0. The molecular weight excluding hydrogens is 168 g/mol. The molecule has 0 heterocycles. The third kappa shape index (κ3) is 2.85. The molecule has 0 saturated heterocycles. The molecule has 0 fully saturated rings. The number of nitrogens with one attached hydrogen (secondary N) is 1. The van der Waals surface area contributed by atoms with Crippen molar-refractivity contribution in [2.75, 3.05) is 14.2 Å². The summed E-state index contributed by atoms with van der Waals surface area (Å²) in [5, 5.41) is 1.25. The minimum atomic E-state index is -0.190. The van der Waals surface area contributed by atoms with Crippen molar-refractivity contribution < 1.29 is 9.63 Å². The van der Waals surface area contributed by atoms with E-state index >= 15 is 0 Å². The second-order valence-electron chi connectivity index (χ2n) is 2.49. The molecule has 13 heavy (non-hydrogen) atoms. The van der Waals surface area contributed by atoms with Gasteiger partial charge in [0.15, 0.2) is 0 Å². The van der Waals surface area contributed by atoms with Crippen LogP contribution in [0, 0.1) is 0 Å². The Morgan fingerprint density at radius 3 is 2.54 bits per heavy atom. The first-order chi connectivity index (χ1) is 6.24. The highest BCUT2D eigenvalue weighted by Crippen LogP contribution is 1.97. The number of hydrazine groups is 1. The van der Waals surface area contributed by atoms with Crippen LogP contribution in [0.2, 0.25) is 0 Å². The highest BCUT2D eigenvalue weighted by atomic mass is 16.7. The van der Waals surface area contributed by atoms with Crippen LogP contribution in [0.1, 0.15) is 10.4 Å². The van der Waals surface area contributed by atoms with Gasteiger partial charge in [0.05, 0.1) is 7.11 Å². The number of rotatable bonds is 3. The summed E-state index contributed by atoms with van der Waals surface area (Å²) in [6.45, 7) is 0. The molecule has 0 aliphatic rings. The smallest absolute Gasteiger partial charge is 0.267 e. The van der Waals surface area contributed by atoms with Crippen LogP contribution in [-0.4, -0.2) is 25.2 Å². The minimum absolute atomic E-state index is 0.190. The van der Waals surface area contributed by atoms with E-state index in [0.717, 1.165) is 0 Å². The van der Waals surface area contributed by atoms with Crippen molar-refractivity contribution in [1.82, 2.24) is 10.6 Å². The van der Waals surface area contributed by atoms with E-state index in [2.05, 4.69) is 5.43 Å². The SMILES string of the molecule is CON(C)NC(=O)c1ccccc1. The Labute approximate surface area is 77.0 Å². The van der Waals surface area contributed by atoms with Crippen molar-refractivity contribution in [1.29, 1.82) is 0 Å². The van der Waals surface area contributed by atoms with Gasteiger partial charge in [0.1, 0.15) is 0 Å². The molecule has 1 rings (SSSR count). The van der Waals surface area contributed by atoms with Crippen LogP contribution < -0.4 is 5.43 Å². The quantitative estimate of drug-likeness (QED) is 0.700. The molecule has 0 aliphatic carbocycles. The minimum Gasteiger partial charge on any atom is -0.283 e. The Bertz CT molecular complexity index is 274. The van der Waals surface area contributed by atoms with Crippen LogP contribution in [0.4, 0.5) is 0 Å². The van der Waals surface area contributed by atoms with Gasteiger partial charge < -0.3 is 0 Å². The van der Waals surface area contributed by atoms with Crippen LogP contribution in [-0.2, 0) is 4.84 Å². The fraction of sp³-hybridized carbons (Fsp3) is 0.222. The number of hydroxylamine groups is 1. The fourth-order valence-corrected chi connectivity index (χ4v) is 0.843. The summed E-state index contributed by atoms with van der Waals surface area (Å²) in [7, 11) is 3.09. The molecule has 0 spiro atoms. The van der Waals surface area contributed by atoms with E-state index in [4.69, 9.17) is 4.84 Å². The van der Waals surface area contributed by atoms with Gasteiger partial charge in [0, 0.05) is 12.6 Å². The Balaban J connectivity index is 2.59. The molecule has 1 aromatic carbocycles. The van der Waals surface area contributed by atoms with Gasteiger partial charge in [0.2, 0.25) is 0 Å². The largest absolute Gasteiger partial charge is 0.283 e. The van der Waals surface area contributed by atoms with Crippen molar-refractivity contribution in [3.63, 3.8) is 0 Å². The molecule has 1 N–H and O–H groups in total. The molecule has 4 heteroatoms. The molecule has 0 aromatic heterocycles. The highest BCUT2D eigenvalue weighted by Gasteiger charge is 2.05. The maximum Gasteiger partial charge on any atom is 0.267 e. The van der Waals surface area contributed by atoms with Crippen LogP contribution in [0.3, 0.4) is 0 Å². The predicted octanol–water partition coefficient (Wildman–Crippen LogP) is 0.825. The number of carbonyl (C=O) groups is 1. The van der Waals surface area contributed by atoms with Crippen molar-refractivity contribution >= 4 is 5.91 Å². The molecule has 1 amide bonds. The number of nitrogens with zero attached hydrogens (tertiary/aromatic N) is 1. The molecule has 0 unspecified atom stereocenters. The van der Waals surface area contributed by atoms with Gasteiger partial charge in [0.25, 0.3) is 5.91 Å². The molecule has 0 radical (unpaired) electrons. The second-order valence-corrected chi connectivity index (χ2v) is 2.49. The summed E-state index contributed by atoms with van der Waals surface area (Å²) in [5.74, 6) is -0.190. The number of benzene rings is 1. The molecule has 0 saturated carbocycles. The van der Waals surface area contributed by atoms with Gasteiger partial charge >= 0.3 is 0 Å². The van der Waals surface area contributed by atoms with E-state index in [9.17, 15) is 4.79 Å². The van der Waals surface area contributed by atoms with Gasteiger partial charge in [-0.3, -0.25) is 15.1 Å². The molecule has 0 atom stereocenters. The predicted molar refractivity (Wildman–Crippen MR) is 48.7 cm³/mol. The van der Waals surface area contributed by atoms with E-state index in [-0.39, 0.29) is 5.91 Å². The van der Waals surface area contributed by atoms with Gasteiger partial charge in [-0.2, -0.15) is 0 Å². The lowest BCUT2D eigenvalue weighted by Crippen LogP contribution is -2.38. The summed E-state index contributed by atoms with van der Waals surface area (Å²) in [6.07, 6.45) is 0. The van der Waals surface area contributed by atoms with Crippen LogP contribution in [0.15, 0.2) is 30.3 Å². The average molecular weight is 180 g/mol. The fourth-order valence-electron chi connectivity index (χ4n) is 0.843. The van der Waals surface area contributed by atoms with Crippen molar-refractivity contribution in [3.05, 3.63) is 35.9 Å². The zero-order chi connectivity index (χ0) is 9.68. The van der Waals surface area contributed by atoms with Crippen LogP contribution in [0.25, 0.3) is 0 Å². The standard InChI is InChI=1S/C9H12N2O2/c1-11(13-2)10-9(12)8-6-4-3-5-7-8/h3-7H,1-2H3,(H,10,12). The first-order valence-electron chi connectivity index (χ1n) is 3.88. The van der Waals surface area contributed by atoms with E-state index in [0.29, 0.717) is 5.56 Å².